The highest BCUT2D eigenvalue weighted by molar-refractivity contribution is 5.88. The first-order valence-corrected chi connectivity index (χ1v) is 9.51. The molecule has 3 atom stereocenters. The number of carbonyl (C=O) groups is 1. The molecule has 1 N–H and O–H groups in total. The van der Waals surface area contributed by atoms with Crippen molar-refractivity contribution in [2.45, 2.75) is 38.1 Å². The van der Waals surface area contributed by atoms with E-state index in [2.05, 4.69) is 10.4 Å². The molecule has 0 bridgehead atoms. The molecule has 152 valence electrons. The van der Waals surface area contributed by atoms with Crippen molar-refractivity contribution < 1.29 is 18.7 Å². The van der Waals surface area contributed by atoms with Gasteiger partial charge in [0.15, 0.2) is 5.82 Å². The Kier molecular flexibility index (Phi) is 4.98. The highest BCUT2D eigenvalue weighted by atomic mass is 19.1. The summed E-state index contributed by atoms with van der Waals surface area (Å²) in [6.07, 6.45) is 2.11. The maximum Gasteiger partial charge on any atom is 0.323 e. The molecule has 2 aliphatic heterocycles. The summed E-state index contributed by atoms with van der Waals surface area (Å²) in [5.74, 6) is -0.258. The number of nitrogens with one attached hydrogen (secondary N) is 1. The van der Waals surface area contributed by atoms with Crippen LogP contribution in [0.15, 0.2) is 30.5 Å². The number of ether oxygens (including phenoxy) is 2. The molecule has 2 aliphatic rings. The van der Waals surface area contributed by atoms with Gasteiger partial charge in [0.25, 0.3) is 0 Å². The van der Waals surface area contributed by atoms with E-state index in [1.165, 1.54) is 16.8 Å². The maximum atomic E-state index is 14.2. The van der Waals surface area contributed by atoms with Crippen molar-refractivity contribution >= 4 is 11.8 Å². The van der Waals surface area contributed by atoms with Crippen LogP contribution < -0.4 is 5.32 Å². The fourth-order valence-corrected chi connectivity index (χ4v) is 3.93. The predicted molar refractivity (Wildman–Crippen MR) is 102 cm³/mol. The summed E-state index contributed by atoms with van der Waals surface area (Å²) in [5.41, 5.74) is -0.0622. The van der Waals surface area contributed by atoms with Crippen LogP contribution in [0.3, 0.4) is 0 Å². The molecule has 1 spiro atoms. The highest BCUT2D eigenvalue weighted by Crippen LogP contribution is 2.35. The van der Waals surface area contributed by atoms with E-state index in [1.807, 2.05) is 19.9 Å². The Morgan fingerprint density at radius 2 is 2.24 bits per heavy atom. The zero-order valence-electron chi connectivity index (χ0n) is 16.3. The Morgan fingerprint density at radius 3 is 2.93 bits per heavy atom. The molecular formula is C20H22FN5O3. The molecule has 2 saturated heterocycles. The number of rotatable bonds is 2. The van der Waals surface area contributed by atoms with Gasteiger partial charge >= 0.3 is 6.03 Å². The Bertz CT molecular complexity index is 971. The number of anilines is 1. The molecule has 3 unspecified atom stereocenters. The first-order chi connectivity index (χ1) is 13.9. The molecule has 0 radical (unpaired) electrons. The van der Waals surface area contributed by atoms with Gasteiger partial charge in [0.2, 0.25) is 0 Å². The van der Waals surface area contributed by atoms with Gasteiger partial charge in [-0.2, -0.15) is 5.26 Å². The average molecular weight is 399 g/mol. The summed E-state index contributed by atoms with van der Waals surface area (Å²) in [4.78, 5) is 14.5. The molecule has 3 heterocycles. The minimum absolute atomic E-state index is 0.0842. The molecule has 2 amide bonds. The van der Waals surface area contributed by atoms with Crippen LogP contribution in [0.5, 0.6) is 0 Å². The molecule has 0 aliphatic carbocycles. The minimum atomic E-state index is -0.566. The van der Waals surface area contributed by atoms with Crippen LogP contribution in [-0.4, -0.2) is 58.2 Å². The van der Waals surface area contributed by atoms with E-state index in [9.17, 15) is 9.18 Å². The Morgan fingerprint density at radius 1 is 1.41 bits per heavy atom. The van der Waals surface area contributed by atoms with Gasteiger partial charge in [0.05, 0.1) is 30.4 Å². The molecule has 1 aromatic heterocycles. The number of nitrogens with zero attached hydrogens (tertiary/aromatic N) is 4. The molecule has 29 heavy (non-hydrogen) atoms. The monoisotopic (exact) mass is 399 g/mol. The van der Waals surface area contributed by atoms with Crippen LogP contribution in [-0.2, 0) is 9.47 Å². The summed E-state index contributed by atoms with van der Waals surface area (Å²) in [7, 11) is 0. The van der Waals surface area contributed by atoms with Crippen molar-refractivity contribution in [2.75, 3.05) is 25.0 Å². The average Bonchev–Trinajstić information content (AvgIpc) is 3.28. The second kappa shape index (κ2) is 7.46. The van der Waals surface area contributed by atoms with Crippen molar-refractivity contribution in [1.29, 1.82) is 5.26 Å². The number of carbonyl (C=O) groups excluding carboxylic acids is 1. The number of benzene rings is 1. The fourth-order valence-electron chi connectivity index (χ4n) is 3.93. The van der Waals surface area contributed by atoms with Crippen LogP contribution in [0.2, 0.25) is 0 Å². The van der Waals surface area contributed by atoms with Crippen LogP contribution in [0.1, 0.15) is 25.8 Å². The SMILES string of the molecule is CC1CN(C(=O)Nc2ccn(-c3ccc(C#N)cc3F)n2)CC2(CCOC2C)O1. The smallest absolute Gasteiger partial charge is 0.323 e. The Hall–Kier alpha value is -2.96. The summed E-state index contributed by atoms with van der Waals surface area (Å²) >= 11 is 0. The first kappa shape index (κ1) is 19.4. The van der Waals surface area contributed by atoms with Gasteiger partial charge in [-0.05, 0) is 32.0 Å². The molecule has 0 saturated carbocycles. The number of halogens is 1. The maximum absolute atomic E-state index is 14.2. The first-order valence-electron chi connectivity index (χ1n) is 9.51. The second-order valence-corrected chi connectivity index (χ2v) is 7.49. The van der Waals surface area contributed by atoms with E-state index < -0.39 is 11.4 Å². The van der Waals surface area contributed by atoms with Crippen molar-refractivity contribution in [1.82, 2.24) is 14.7 Å². The molecule has 9 heteroatoms. The van der Waals surface area contributed by atoms with Crippen molar-refractivity contribution in [3.63, 3.8) is 0 Å². The lowest BCUT2D eigenvalue weighted by molar-refractivity contribution is -0.159. The Labute approximate surface area is 167 Å². The molecule has 2 aromatic rings. The number of hydrogen-bond donors (Lipinski definition) is 1. The molecule has 1 aromatic carbocycles. The second-order valence-electron chi connectivity index (χ2n) is 7.49. The lowest BCUT2D eigenvalue weighted by Gasteiger charge is -2.44. The third-order valence-electron chi connectivity index (χ3n) is 5.44. The number of morpholine rings is 1. The van der Waals surface area contributed by atoms with Crippen LogP contribution >= 0.6 is 0 Å². The fraction of sp³-hybridized carbons (Fsp3) is 0.450. The normalized spacial score (nSPS) is 26.5. The Balaban J connectivity index is 1.47. The number of urea groups is 1. The van der Waals surface area contributed by atoms with Crippen LogP contribution in [0, 0.1) is 17.1 Å². The van der Waals surface area contributed by atoms with Gasteiger partial charge in [-0.3, -0.25) is 5.32 Å². The summed E-state index contributed by atoms with van der Waals surface area (Å²) < 4.78 is 27.3. The van der Waals surface area contributed by atoms with E-state index >= 15 is 0 Å². The van der Waals surface area contributed by atoms with E-state index in [-0.39, 0.29) is 29.5 Å². The van der Waals surface area contributed by atoms with Gasteiger partial charge in [0.1, 0.15) is 17.1 Å². The molecule has 2 fully saturated rings. The van der Waals surface area contributed by atoms with E-state index in [4.69, 9.17) is 14.7 Å². The summed E-state index contributed by atoms with van der Waals surface area (Å²) in [6, 6.07) is 7.33. The zero-order valence-corrected chi connectivity index (χ0v) is 16.3. The molecule has 8 nitrogen and oxygen atoms in total. The van der Waals surface area contributed by atoms with Gasteiger partial charge in [-0.25, -0.2) is 13.9 Å². The number of nitriles is 1. The van der Waals surface area contributed by atoms with E-state index in [0.717, 1.165) is 12.5 Å². The van der Waals surface area contributed by atoms with Gasteiger partial charge in [-0.15, -0.1) is 5.10 Å². The highest BCUT2D eigenvalue weighted by Gasteiger charge is 2.48. The lowest BCUT2D eigenvalue weighted by atomic mass is 9.93. The van der Waals surface area contributed by atoms with Crippen molar-refractivity contribution in [3.8, 4) is 11.8 Å². The van der Waals surface area contributed by atoms with Crippen LogP contribution in [0.25, 0.3) is 5.69 Å². The molecular weight excluding hydrogens is 377 g/mol. The number of hydrogen-bond acceptors (Lipinski definition) is 5. The quantitative estimate of drug-likeness (QED) is 0.838. The summed E-state index contributed by atoms with van der Waals surface area (Å²) in [5, 5.41) is 15.9. The zero-order chi connectivity index (χ0) is 20.6. The summed E-state index contributed by atoms with van der Waals surface area (Å²) in [6.45, 7) is 5.42. The number of amides is 2. The van der Waals surface area contributed by atoms with E-state index in [0.29, 0.717) is 25.5 Å². The van der Waals surface area contributed by atoms with Gasteiger partial charge in [-0.1, -0.05) is 0 Å². The minimum Gasteiger partial charge on any atom is -0.375 e. The van der Waals surface area contributed by atoms with Gasteiger partial charge < -0.3 is 14.4 Å². The van der Waals surface area contributed by atoms with Gasteiger partial charge in [0, 0.05) is 31.8 Å². The number of aromatic nitrogens is 2. The predicted octanol–water partition coefficient (Wildman–Crippen LogP) is 2.68. The van der Waals surface area contributed by atoms with Crippen molar-refractivity contribution in [2.24, 2.45) is 0 Å². The largest absolute Gasteiger partial charge is 0.375 e. The molecule has 4 rings (SSSR count). The van der Waals surface area contributed by atoms with E-state index in [1.54, 1.807) is 17.2 Å². The topological polar surface area (TPSA) is 92.4 Å². The van der Waals surface area contributed by atoms with Crippen LogP contribution in [0.4, 0.5) is 15.0 Å². The lowest BCUT2D eigenvalue weighted by Crippen LogP contribution is -2.60. The third kappa shape index (κ3) is 3.69. The van der Waals surface area contributed by atoms with Crippen molar-refractivity contribution in [3.05, 3.63) is 41.8 Å². The standard InChI is InChI=1S/C20H22FN5O3/c1-13-11-25(12-20(29-13)6-8-28-14(20)2)19(27)23-18-5-7-26(24-18)17-4-3-15(10-22)9-16(17)21/h3-5,7,9,13-14H,6,8,11-12H2,1-2H3,(H,23,24,27). The third-order valence-corrected chi connectivity index (χ3v) is 5.44.